The second kappa shape index (κ2) is 6.43. The predicted molar refractivity (Wildman–Crippen MR) is 79.1 cm³/mol. The number of nitrogens with one attached hydrogen (secondary N) is 2. The topological polar surface area (TPSA) is 61.4 Å². The number of anilines is 1. The normalized spacial score (nSPS) is 17.4. The van der Waals surface area contributed by atoms with Gasteiger partial charge in [0.05, 0.1) is 23.3 Å². The van der Waals surface area contributed by atoms with Crippen LogP contribution >= 0.6 is 23.2 Å². The summed E-state index contributed by atoms with van der Waals surface area (Å²) in [6.07, 6.45) is 0. The number of hydrogen-bond acceptors (Lipinski definition) is 3. The Morgan fingerprint density at radius 3 is 2.85 bits per heavy atom. The third-order valence-electron chi connectivity index (χ3n) is 3.18. The lowest BCUT2D eigenvalue weighted by atomic mass is 10.2. The molecule has 0 bridgehead atoms. The van der Waals surface area contributed by atoms with E-state index in [1.807, 2.05) is 4.90 Å². The minimum atomic E-state index is -0.409. The fourth-order valence-electron chi connectivity index (χ4n) is 1.98. The quantitative estimate of drug-likeness (QED) is 0.893. The number of rotatable bonds is 3. The van der Waals surface area contributed by atoms with Gasteiger partial charge in [-0.15, -0.1) is 0 Å². The van der Waals surface area contributed by atoms with E-state index in [0.717, 1.165) is 0 Å². The smallest absolute Gasteiger partial charge is 0.241 e. The summed E-state index contributed by atoms with van der Waals surface area (Å²) in [5.74, 6) is -0.274. The predicted octanol–water partition coefficient (Wildman–Crippen LogP) is 1.75. The van der Waals surface area contributed by atoms with Crippen LogP contribution in [0.3, 0.4) is 0 Å². The van der Waals surface area contributed by atoms with Gasteiger partial charge in [0.2, 0.25) is 11.8 Å². The average molecular weight is 316 g/mol. The van der Waals surface area contributed by atoms with Crippen LogP contribution in [0.1, 0.15) is 6.92 Å². The van der Waals surface area contributed by atoms with Crippen LogP contribution in [-0.2, 0) is 9.59 Å². The first kappa shape index (κ1) is 15.1. The molecule has 1 fully saturated rings. The highest BCUT2D eigenvalue weighted by Gasteiger charge is 2.26. The second-order valence-corrected chi connectivity index (χ2v) is 5.45. The van der Waals surface area contributed by atoms with Crippen LogP contribution in [0, 0.1) is 0 Å². The lowest BCUT2D eigenvalue weighted by Crippen LogP contribution is -2.53. The third kappa shape index (κ3) is 3.62. The van der Waals surface area contributed by atoms with E-state index in [4.69, 9.17) is 23.2 Å². The zero-order valence-corrected chi connectivity index (χ0v) is 12.5. The van der Waals surface area contributed by atoms with Crippen LogP contribution in [0.2, 0.25) is 10.0 Å². The maximum atomic E-state index is 12.2. The third-order valence-corrected chi connectivity index (χ3v) is 3.73. The summed E-state index contributed by atoms with van der Waals surface area (Å²) in [4.78, 5) is 25.3. The number of hydrogen-bond donors (Lipinski definition) is 2. The number of piperazine rings is 1. The number of carbonyl (C=O) groups is 2. The zero-order valence-electron chi connectivity index (χ0n) is 11.0. The molecule has 2 N–H and O–H groups in total. The molecule has 5 nitrogen and oxygen atoms in total. The van der Waals surface area contributed by atoms with Crippen LogP contribution in [-0.4, -0.2) is 42.4 Å². The molecule has 2 amide bonds. The van der Waals surface area contributed by atoms with Gasteiger partial charge in [0, 0.05) is 18.1 Å². The van der Waals surface area contributed by atoms with Crippen molar-refractivity contribution in [2.24, 2.45) is 0 Å². The Morgan fingerprint density at radius 2 is 2.20 bits per heavy atom. The molecule has 0 aromatic heterocycles. The molecule has 0 unspecified atom stereocenters. The highest BCUT2D eigenvalue weighted by atomic mass is 35.5. The molecule has 1 aliphatic heterocycles. The molecule has 2 rings (SSSR count). The van der Waals surface area contributed by atoms with E-state index in [0.29, 0.717) is 28.8 Å². The molecule has 1 aliphatic rings. The highest BCUT2D eigenvalue weighted by Crippen LogP contribution is 2.25. The minimum absolute atomic E-state index is 0.0691. The lowest BCUT2D eigenvalue weighted by molar-refractivity contribution is -0.127. The van der Waals surface area contributed by atoms with Crippen LogP contribution < -0.4 is 10.6 Å². The van der Waals surface area contributed by atoms with Crippen molar-refractivity contribution in [3.8, 4) is 0 Å². The van der Waals surface area contributed by atoms with Gasteiger partial charge in [-0.25, -0.2) is 0 Å². The zero-order chi connectivity index (χ0) is 14.7. The largest absolute Gasteiger partial charge is 0.354 e. The number of benzene rings is 1. The second-order valence-electron chi connectivity index (χ2n) is 4.61. The maximum Gasteiger partial charge on any atom is 0.241 e. The highest BCUT2D eigenvalue weighted by molar-refractivity contribution is 6.36. The molecule has 0 saturated carbocycles. The summed E-state index contributed by atoms with van der Waals surface area (Å²) >= 11 is 11.8. The number of carbonyl (C=O) groups excluding carboxylic acids is 2. The van der Waals surface area contributed by atoms with Crippen molar-refractivity contribution in [3.05, 3.63) is 28.2 Å². The van der Waals surface area contributed by atoms with E-state index in [1.165, 1.54) is 0 Å². The first-order valence-corrected chi connectivity index (χ1v) is 6.99. The summed E-state index contributed by atoms with van der Waals surface area (Å²) in [5.41, 5.74) is 0.509. The van der Waals surface area contributed by atoms with Gasteiger partial charge >= 0.3 is 0 Å². The Bertz CT molecular complexity index is 536. The van der Waals surface area contributed by atoms with Crippen LogP contribution in [0.5, 0.6) is 0 Å². The number of nitrogens with zero attached hydrogens (tertiary/aromatic N) is 1. The van der Waals surface area contributed by atoms with Crippen LogP contribution in [0.15, 0.2) is 18.2 Å². The molecule has 108 valence electrons. The van der Waals surface area contributed by atoms with Gasteiger partial charge < -0.3 is 10.6 Å². The molecule has 0 aliphatic carbocycles. The van der Waals surface area contributed by atoms with Gasteiger partial charge in [0.15, 0.2) is 0 Å². The van der Waals surface area contributed by atoms with Gasteiger partial charge in [0.25, 0.3) is 0 Å². The summed E-state index contributed by atoms with van der Waals surface area (Å²) in [5, 5.41) is 6.36. The SMILES string of the molecule is C[C@@H](C(=O)Nc1ccc(Cl)cc1Cl)N1CCNC(=O)C1. The lowest BCUT2D eigenvalue weighted by Gasteiger charge is -2.31. The molecule has 1 aromatic rings. The molecule has 1 aromatic carbocycles. The first-order valence-electron chi connectivity index (χ1n) is 6.24. The monoisotopic (exact) mass is 315 g/mol. The Hall–Kier alpha value is -1.30. The number of amides is 2. The molecular formula is C13H15Cl2N3O2. The van der Waals surface area contributed by atoms with Crippen molar-refractivity contribution >= 4 is 40.7 Å². The summed E-state index contributed by atoms with van der Waals surface area (Å²) < 4.78 is 0. The first-order chi connectivity index (χ1) is 9.47. The Labute approximate surface area is 127 Å². The van der Waals surface area contributed by atoms with Crippen molar-refractivity contribution in [2.75, 3.05) is 25.0 Å². The summed E-state index contributed by atoms with van der Waals surface area (Å²) in [6.45, 7) is 3.19. The molecule has 0 spiro atoms. The van der Waals surface area contributed by atoms with Crippen LogP contribution in [0.4, 0.5) is 5.69 Å². The van der Waals surface area contributed by atoms with Gasteiger partial charge in [-0.05, 0) is 25.1 Å². The fraction of sp³-hybridized carbons (Fsp3) is 0.385. The molecule has 1 saturated heterocycles. The molecule has 0 radical (unpaired) electrons. The Morgan fingerprint density at radius 1 is 1.45 bits per heavy atom. The van der Waals surface area contributed by atoms with Gasteiger partial charge in [0.1, 0.15) is 0 Å². The van der Waals surface area contributed by atoms with Crippen LogP contribution in [0.25, 0.3) is 0 Å². The van der Waals surface area contributed by atoms with E-state index >= 15 is 0 Å². The summed E-state index contributed by atoms with van der Waals surface area (Å²) in [6, 6.07) is 4.46. The maximum absolute atomic E-state index is 12.2. The van der Waals surface area contributed by atoms with Gasteiger partial charge in [-0.2, -0.15) is 0 Å². The van der Waals surface area contributed by atoms with Crippen molar-refractivity contribution in [2.45, 2.75) is 13.0 Å². The van der Waals surface area contributed by atoms with E-state index in [9.17, 15) is 9.59 Å². The van der Waals surface area contributed by atoms with E-state index in [1.54, 1.807) is 25.1 Å². The van der Waals surface area contributed by atoms with E-state index in [-0.39, 0.29) is 18.4 Å². The fourth-order valence-corrected chi connectivity index (χ4v) is 2.44. The van der Waals surface area contributed by atoms with Crippen molar-refractivity contribution in [1.29, 1.82) is 0 Å². The molecular weight excluding hydrogens is 301 g/mol. The minimum Gasteiger partial charge on any atom is -0.354 e. The van der Waals surface area contributed by atoms with Crippen molar-refractivity contribution in [3.63, 3.8) is 0 Å². The molecule has 1 heterocycles. The summed E-state index contributed by atoms with van der Waals surface area (Å²) in [7, 11) is 0. The van der Waals surface area contributed by atoms with E-state index < -0.39 is 6.04 Å². The Kier molecular flexibility index (Phi) is 4.86. The Balaban J connectivity index is 2.01. The molecule has 7 heteroatoms. The van der Waals surface area contributed by atoms with Gasteiger partial charge in [-0.3, -0.25) is 14.5 Å². The number of halogens is 2. The average Bonchev–Trinajstić information content (AvgIpc) is 2.41. The van der Waals surface area contributed by atoms with Crippen molar-refractivity contribution in [1.82, 2.24) is 10.2 Å². The molecule has 20 heavy (non-hydrogen) atoms. The molecule has 1 atom stereocenters. The van der Waals surface area contributed by atoms with Crippen molar-refractivity contribution < 1.29 is 9.59 Å². The standard InChI is InChI=1S/C13H15Cl2N3O2/c1-8(18-5-4-16-12(19)7-18)13(20)17-11-3-2-9(14)6-10(11)15/h2-3,6,8H,4-5,7H2,1H3,(H,16,19)(H,17,20)/t8-/m0/s1. The van der Waals surface area contributed by atoms with Gasteiger partial charge in [-0.1, -0.05) is 23.2 Å². The van der Waals surface area contributed by atoms with E-state index in [2.05, 4.69) is 10.6 Å².